The number of nitrogens with one attached hydrogen (secondary N) is 1. The van der Waals surface area contributed by atoms with Crippen LogP contribution in [0.25, 0.3) is 5.57 Å². The van der Waals surface area contributed by atoms with Gasteiger partial charge in [-0.3, -0.25) is 19.7 Å². The molecule has 0 aromatic heterocycles. The molecule has 1 heterocycles. The lowest BCUT2D eigenvalue weighted by atomic mass is 9.79. The summed E-state index contributed by atoms with van der Waals surface area (Å²) in [5, 5.41) is 11.9. The van der Waals surface area contributed by atoms with Crippen molar-refractivity contribution in [3.05, 3.63) is 68.4 Å². The fraction of sp³-hybridized carbons (Fsp3) is 0.190. The summed E-state index contributed by atoms with van der Waals surface area (Å²) in [5.74, 6) is -1.93. The fourth-order valence-corrected chi connectivity index (χ4v) is 4.42. The Balaban J connectivity index is 1.85. The highest BCUT2D eigenvalue weighted by atomic mass is 35.5. The molecule has 148 valence electrons. The lowest BCUT2D eigenvalue weighted by Gasteiger charge is -2.22. The van der Waals surface area contributed by atoms with Crippen molar-refractivity contribution < 1.29 is 24.2 Å². The summed E-state index contributed by atoms with van der Waals surface area (Å²) in [5.41, 5.74) is 0.626. The number of halogens is 2. The van der Waals surface area contributed by atoms with Gasteiger partial charge in [-0.05, 0) is 42.7 Å². The Kier molecular flexibility index (Phi) is 4.44. The number of hydrogen-bond donors (Lipinski definition) is 2. The summed E-state index contributed by atoms with van der Waals surface area (Å²) < 4.78 is 5.17. The minimum atomic E-state index is -0.906. The number of benzene rings is 2. The molecule has 2 amide bonds. The van der Waals surface area contributed by atoms with Crippen LogP contribution in [-0.2, 0) is 21.4 Å². The molecule has 2 aromatic carbocycles. The maximum absolute atomic E-state index is 13.3. The van der Waals surface area contributed by atoms with Crippen molar-refractivity contribution >= 4 is 46.4 Å². The average Bonchev–Trinajstić information content (AvgIpc) is 3.11. The highest BCUT2D eigenvalue weighted by molar-refractivity contribution is 6.47. The minimum Gasteiger partial charge on any atom is -0.502 e. The first-order chi connectivity index (χ1) is 13.7. The number of amides is 2. The number of carbonyl (C=O) groups is 3. The smallest absolute Gasteiger partial charge is 0.293 e. The summed E-state index contributed by atoms with van der Waals surface area (Å²) in [4.78, 5) is 37.0. The van der Waals surface area contributed by atoms with E-state index >= 15 is 0 Å². The van der Waals surface area contributed by atoms with Crippen LogP contribution in [-0.4, -0.2) is 29.8 Å². The van der Waals surface area contributed by atoms with Gasteiger partial charge >= 0.3 is 0 Å². The van der Waals surface area contributed by atoms with E-state index in [2.05, 4.69) is 0 Å². The molecule has 2 aromatic rings. The molecule has 0 fully saturated rings. The van der Waals surface area contributed by atoms with Crippen LogP contribution in [0.4, 0.5) is 0 Å². The Morgan fingerprint density at radius 3 is 2.28 bits per heavy atom. The van der Waals surface area contributed by atoms with Crippen molar-refractivity contribution in [3.63, 3.8) is 0 Å². The van der Waals surface area contributed by atoms with Gasteiger partial charge in [-0.15, -0.1) is 0 Å². The van der Waals surface area contributed by atoms with E-state index in [0.29, 0.717) is 17.7 Å². The van der Waals surface area contributed by atoms with E-state index in [9.17, 15) is 19.5 Å². The highest BCUT2D eigenvalue weighted by Crippen LogP contribution is 2.47. The molecule has 0 saturated carbocycles. The number of aliphatic hydroxyl groups is 1. The van der Waals surface area contributed by atoms with E-state index in [1.807, 2.05) is 24.4 Å². The Morgan fingerprint density at radius 1 is 1.07 bits per heavy atom. The van der Waals surface area contributed by atoms with Gasteiger partial charge in [-0.2, -0.15) is 0 Å². The number of rotatable bonds is 3. The molecule has 4 rings (SSSR count). The Morgan fingerprint density at radius 2 is 1.72 bits per heavy atom. The summed E-state index contributed by atoms with van der Waals surface area (Å²) in [6, 6.07) is 8.72. The number of imide groups is 1. The molecule has 1 aliphatic heterocycles. The first kappa shape index (κ1) is 19.5. The summed E-state index contributed by atoms with van der Waals surface area (Å²) >= 11 is 12.8. The van der Waals surface area contributed by atoms with Crippen molar-refractivity contribution in [1.29, 1.82) is 0 Å². The van der Waals surface area contributed by atoms with Crippen LogP contribution in [0.5, 0.6) is 5.75 Å². The van der Waals surface area contributed by atoms with Gasteiger partial charge < -0.3 is 9.84 Å². The zero-order valence-corrected chi connectivity index (χ0v) is 16.9. The quantitative estimate of drug-likeness (QED) is 0.723. The van der Waals surface area contributed by atoms with Gasteiger partial charge in [0.05, 0.1) is 28.1 Å². The lowest BCUT2D eigenvalue weighted by Crippen LogP contribution is -2.29. The normalized spacial score (nSPS) is 20.9. The standard InChI is InChI=1S/C21H15Cl2NO5/c1-21(10-3-5-11(29-2)6-4-10)8-9-7-12(14-17(25)20(28)24-19(14)27)15(22)16(23)13(9)18(21)26/h3-7H,8H2,1-2H3,(H2,24,25,27,28). The highest BCUT2D eigenvalue weighted by Gasteiger charge is 2.46. The molecule has 1 atom stereocenters. The second-order valence-corrected chi connectivity index (χ2v) is 7.92. The number of ketones is 1. The Bertz CT molecular complexity index is 1140. The molecular weight excluding hydrogens is 417 g/mol. The van der Waals surface area contributed by atoms with Crippen molar-refractivity contribution in [2.75, 3.05) is 7.11 Å². The Labute approximate surface area is 176 Å². The number of fused-ring (bicyclic) bond motifs is 1. The van der Waals surface area contributed by atoms with Crippen molar-refractivity contribution in [3.8, 4) is 5.75 Å². The lowest BCUT2D eigenvalue weighted by molar-refractivity contribution is -0.124. The number of hydrogen-bond acceptors (Lipinski definition) is 5. The molecular formula is C21H15Cl2NO5. The van der Waals surface area contributed by atoms with Crippen LogP contribution in [0.1, 0.15) is 34.0 Å². The Hall–Kier alpha value is -2.83. The maximum atomic E-state index is 13.3. The van der Waals surface area contributed by atoms with Gasteiger partial charge in [0.2, 0.25) is 0 Å². The SMILES string of the molecule is COc1ccc(C2(C)Cc3cc(C4=C(O)C(=O)NC4=O)c(Cl)c(Cl)c3C2=O)cc1. The molecule has 1 aliphatic carbocycles. The number of carbonyl (C=O) groups excluding carboxylic acids is 3. The van der Waals surface area contributed by atoms with E-state index in [1.54, 1.807) is 25.3 Å². The number of methoxy groups -OCH3 is 1. The monoisotopic (exact) mass is 431 g/mol. The second-order valence-electron chi connectivity index (χ2n) is 7.16. The largest absolute Gasteiger partial charge is 0.502 e. The summed E-state index contributed by atoms with van der Waals surface area (Å²) in [6.45, 7) is 1.81. The predicted molar refractivity (Wildman–Crippen MR) is 108 cm³/mol. The molecule has 2 aliphatic rings. The minimum absolute atomic E-state index is 0.00569. The van der Waals surface area contributed by atoms with Crippen molar-refractivity contribution in [1.82, 2.24) is 5.32 Å². The third-order valence-electron chi connectivity index (χ3n) is 5.46. The number of Topliss-reactive ketones (excluding diaryl/α,β-unsaturated/α-hetero) is 1. The van der Waals surface area contributed by atoms with Gasteiger partial charge in [-0.25, -0.2) is 0 Å². The molecule has 0 spiro atoms. The van der Waals surface area contributed by atoms with Crippen molar-refractivity contribution in [2.45, 2.75) is 18.8 Å². The third-order valence-corrected chi connectivity index (χ3v) is 6.33. The van der Waals surface area contributed by atoms with Gasteiger partial charge in [0.15, 0.2) is 11.5 Å². The topological polar surface area (TPSA) is 92.7 Å². The fourth-order valence-electron chi connectivity index (χ4n) is 3.87. The molecule has 0 bridgehead atoms. The number of ether oxygens (including phenoxy) is 1. The molecule has 6 nitrogen and oxygen atoms in total. The van der Waals surface area contributed by atoms with E-state index in [-0.39, 0.29) is 32.5 Å². The van der Waals surface area contributed by atoms with Gasteiger partial charge in [0.25, 0.3) is 11.8 Å². The zero-order valence-electron chi connectivity index (χ0n) is 15.4. The maximum Gasteiger partial charge on any atom is 0.293 e. The van der Waals surface area contributed by atoms with Crippen LogP contribution in [0.15, 0.2) is 36.1 Å². The molecule has 0 radical (unpaired) electrons. The second kappa shape index (κ2) is 6.61. The average molecular weight is 432 g/mol. The summed E-state index contributed by atoms with van der Waals surface area (Å²) in [6.07, 6.45) is 0.320. The zero-order chi connectivity index (χ0) is 21.1. The number of aliphatic hydroxyl groups excluding tert-OH is 1. The van der Waals surface area contributed by atoms with Crippen LogP contribution in [0.3, 0.4) is 0 Å². The van der Waals surface area contributed by atoms with E-state index < -0.39 is 23.0 Å². The van der Waals surface area contributed by atoms with Crippen LogP contribution < -0.4 is 10.1 Å². The first-order valence-electron chi connectivity index (χ1n) is 8.68. The molecule has 2 N–H and O–H groups in total. The molecule has 29 heavy (non-hydrogen) atoms. The van der Waals surface area contributed by atoms with Crippen LogP contribution in [0, 0.1) is 0 Å². The first-order valence-corrected chi connectivity index (χ1v) is 9.44. The molecule has 1 unspecified atom stereocenters. The van der Waals surface area contributed by atoms with E-state index in [4.69, 9.17) is 27.9 Å². The van der Waals surface area contributed by atoms with Crippen molar-refractivity contribution in [2.24, 2.45) is 0 Å². The van der Waals surface area contributed by atoms with Crippen LogP contribution >= 0.6 is 23.2 Å². The molecule has 8 heteroatoms. The van der Waals surface area contributed by atoms with Gasteiger partial charge in [0, 0.05) is 11.1 Å². The van der Waals surface area contributed by atoms with E-state index in [0.717, 1.165) is 5.56 Å². The van der Waals surface area contributed by atoms with Gasteiger partial charge in [-0.1, -0.05) is 35.3 Å². The van der Waals surface area contributed by atoms with Gasteiger partial charge in [0.1, 0.15) is 5.75 Å². The predicted octanol–water partition coefficient (Wildman–Crippen LogP) is 3.62. The van der Waals surface area contributed by atoms with E-state index in [1.165, 1.54) is 0 Å². The van der Waals surface area contributed by atoms with Crippen LogP contribution in [0.2, 0.25) is 10.0 Å². The third kappa shape index (κ3) is 2.74. The molecule has 0 saturated heterocycles. The summed E-state index contributed by atoms with van der Waals surface area (Å²) in [7, 11) is 1.56.